The van der Waals surface area contributed by atoms with Crippen LogP contribution in [-0.2, 0) is 11.5 Å². The van der Waals surface area contributed by atoms with E-state index in [2.05, 4.69) is 20.3 Å². The lowest BCUT2D eigenvalue weighted by molar-refractivity contribution is 0.111. The molecule has 136 valence electrons. The summed E-state index contributed by atoms with van der Waals surface area (Å²) >= 11 is 1.41. The Balaban J connectivity index is 1.55. The quantitative estimate of drug-likeness (QED) is 0.520. The molecule has 4 aromatic rings. The Morgan fingerprint density at radius 3 is 3.07 bits per heavy atom. The molecule has 0 saturated carbocycles. The number of methoxy groups -OCH3 is 1. The molecule has 5 rings (SSSR count). The fourth-order valence-electron chi connectivity index (χ4n) is 2.76. The van der Waals surface area contributed by atoms with Gasteiger partial charge in [-0.1, -0.05) is 5.21 Å². The van der Waals surface area contributed by atoms with Crippen molar-refractivity contribution in [3.63, 3.8) is 0 Å². The summed E-state index contributed by atoms with van der Waals surface area (Å²) in [5.41, 5.74) is 2.14. The highest BCUT2D eigenvalue weighted by molar-refractivity contribution is 7.13. The standard InChI is InChI=1S/C16H12N6O4S/c1-24-7-22-16(23)21-6-17-13(14(21)19-20-22)15-18-10(5-27-15)9-2-3-11-12(4-9)26-8-25-11/h2-6H,7-8H2,1H3. The Morgan fingerprint density at radius 1 is 1.30 bits per heavy atom. The van der Waals surface area contributed by atoms with Crippen LogP contribution in [0.4, 0.5) is 0 Å². The van der Waals surface area contributed by atoms with E-state index in [4.69, 9.17) is 14.2 Å². The van der Waals surface area contributed by atoms with Crippen LogP contribution in [0, 0.1) is 0 Å². The molecule has 0 bridgehead atoms. The maximum atomic E-state index is 12.4. The van der Waals surface area contributed by atoms with E-state index in [0.29, 0.717) is 22.1 Å². The van der Waals surface area contributed by atoms with Crippen molar-refractivity contribution in [3.05, 3.63) is 40.4 Å². The van der Waals surface area contributed by atoms with Gasteiger partial charge in [-0.05, 0) is 18.2 Å². The summed E-state index contributed by atoms with van der Waals surface area (Å²) < 4.78 is 18.1. The van der Waals surface area contributed by atoms with E-state index in [9.17, 15) is 4.79 Å². The van der Waals surface area contributed by atoms with Crippen LogP contribution in [0.15, 0.2) is 34.7 Å². The molecule has 0 saturated heterocycles. The van der Waals surface area contributed by atoms with Gasteiger partial charge in [-0.15, -0.1) is 16.4 Å². The van der Waals surface area contributed by atoms with Crippen LogP contribution in [-0.4, -0.2) is 43.3 Å². The number of imidazole rings is 1. The van der Waals surface area contributed by atoms with Crippen molar-refractivity contribution < 1.29 is 14.2 Å². The van der Waals surface area contributed by atoms with E-state index in [1.165, 1.54) is 29.2 Å². The molecule has 0 N–H and O–H groups in total. The minimum atomic E-state index is -0.381. The number of rotatable bonds is 4. The summed E-state index contributed by atoms with van der Waals surface area (Å²) in [5.74, 6) is 1.41. The highest BCUT2D eigenvalue weighted by atomic mass is 32.1. The van der Waals surface area contributed by atoms with Crippen LogP contribution in [0.5, 0.6) is 11.5 Å². The first-order chi connectivity index (χ1) is 13.2. The van der Waals surface area contributed by atoms with Gasteiger partial charge < -0.3 is 14.2 Å². The second-order valence-electron chi connectivity index (χ2n) is 5.68. The molecule has 11 heteroatoms. The molecule has 0 atom stereocenters. The van der Waals surface area contributed by atoms with E-state index in [-0.39, 0.29) is 19.2 Å². The zero-order chi connectivity index (χ0) is 18.4. The van der Waals surface area contributed by atoms with Gasteiger partial charge in [0.25, 0.3) is 0 Å². The van der Waals surface area contributed by atoms with Gasteiger partial charge in [0.2, 0.25) is 6.79 Å². The summed E-state index contributed by atoms with van der Waals surface area (Å²) in [6, 6.07) is 5.66. The third-order valence-corrected chi connectivity index (χ3v) is 4.89. The van der Waals surface area contributed by atoms with Gasteiger partial charge in [0, 0.05) is 18.1 Å². The largest absolute Gasteiger partial charge is 0.454 e. The van der Waals surface area contributed by atoms with Gasteiger partial charge in [-0.3, -0.25) is 0 Å². The molecule has 4 heterocycles. The molecule has 0 aliphatic carbocycles. The van der Waals surface area contributed by atoms with Crippen LogP contribution in [0.2, 0.25) is 0 Å². The van der Waals surface area contributed by atoms with E-state index in [0.717, 1.165) is 21.7 Å². The Hall–Kier alpha value is -3.31. The lowest BCUT2D eigenvalue weighted by Crippen LogP contribution is -2.30. The fraction of sp³-hybridized carbons (Fsp3) is 0.188. The normalized spacial score (nSPS) is 12.8. The van der Waals surface area contributed by atoms with Crippen molar-refractivity contribution >= 4 is 17.0 Å². The van der Waals surface area contributed by atoms with Gasteiger partial charge in [-0.2, -0.15) is 4.68 Å². The molecule has 0 radical (unpaired) electrons. The third kappa shape index (κ3) is 2.55. The number of hydrogen-bond acceptors (Lipinski definition) is 9. The first kappa shape index (κ1) is 15.9. The summed E-state index contributed by atoms with van der Waals surface area (Å²) in [6.07, 6.45) is 1.41. The second-order valence-corrected chi connectivity index (χ2v) is 6.54. The number of ether oxygens (including phenoxy) is 3. The molecule has 1 aromatic carbocycles. The van der Waals surface area contributed by atoms with Crippen LogP contribution in [0.1, 0.15) is 0 Å². The van der Waals surface area contributed by atoms with Gasteiger partial charge in [0.05, 0.1) is 5.69 Å². The van der Waals surface area contributed by atoms with E-state index in [1.54, 1.807) is 0 Å². The molecule has 10 nitrogen and oxygen atoms in total. The minimum Gasteiger partial charge on any atom is -0.454 e. The van der Waals surface area contributed by atoms with Crippen molar-refractivity contribution in [2.75, 3.05) is 13.9 Å². The summed E-state index contributed by atoms with van der Waals surface area (Å²) in [5, 5.41) is 10.5. The molecular weight excluding hydrogens is 372 g/mol. The average Bonchev–Trinajstić information content (AvgIpc) is 3.42. The molecule has 1 aliphatic rings. The maximum absolute atomic E-state index is 12.4. The van der Waals surface area contributed by atoms with Crippen molar-refractivity contribution in [2.45, 2.75) is 6.73 Å². The van der Waals surface area contributed by atoms with E-state index >= 15 is 0 Å². The smallest absolute Gasteiger partial charge is 0.355 e. The number of fused-ring (bicyclic) bond motifs is 2. The van der Waals surface area contributed by atoms with Crippen LogP contribution >= 0.6 is 11.3 Å². The lowest BCUT2D eigenvalue weighted by Gasteiger charge is -2.01. The molecule has 3 aromatic heterocycles. The first-order valence-electron chi connectivity index (χ1n) is 7.90. The van der Waals surface area contributed by atoms with Crippen molar-refractivity contribution in [1.29, 1.82) is 0 Å². The average molecular weight is 384 g/mol. The van der Waals surface area contributed by atoms with Gasteiger partial charge >= 0.3 is 5.69 Å². The Kier molecular flexibility index (Phi) is 3.62. The van der Waals surface area contributed by atoms with E-state index in [1.807, 2.05) is 23.6 Å². The predicted octanol–water partition coefficient (Wildman–Crippen LogP) is 1.41. The van der Waals surface area contributed by atoms with Crippen LogP contribution < -0.4 is 15.2 Å². The predicted molar refractivity (Wildman–Crippen MR) is 94.7 cm³/mol. The summed E-state index contributed by atoms with van der Waals surface area (Å²) in [4.78, 5) is 21.3. The van der Waals surface area contributed by atoms with Gasteiger partial charge in [-0.25, -0.2) is 19.2 Å². The Labute approximate surface area is 155 Å². The first-order valence-corrected chi connectivity index (χ1v) is 8.78. The zero-order valence-corrected chi connectivity index (χ0v) is 14.8. The summed E-state index contributed by atoms with van der Waals surface area (Å²) in [7, 11) is 1.48. The number of hydrogen-bond donors (Lipinski definition) is 0. The van der Waals surface area contributed by atoms with Crippen molar-refractivity contribution in [3.8, 4) is 33.5 Å². The number of benzene rings is 1. The lowest BCUT2D eigenvalue weighted by atomic mass is 10.1. The highest BCUT2D eigenvalue weighted by Crippen LogP contribution is 2.37. The topological polar surface area (TPSA) is 106 Å². The maximum Gasteiger partial charge on any atom is 0.355 e. The molecule has 0 amide bonds. The molecule has 0 fully saturated rings. The Bertz CT molecular complexity index is 1210. The van der Waals surface area contributed by atoms with Crippen LogP contribution in [0.25, 0.3) is 27.6 Å². The molecule has 27 heavy (non-hydrogen) atoms. The van der Waals surface area contributed by atoms with Crippen molar-refractivity contribution in [2.24, 2.45) is 0 Å². The van der Waals surface area contributed by atoms with Crippen LogP contribution in [0.3, 0.4) is 0 Å². The minimum absolute atomic E-state index is 0.0147. The molecule has 0 spiro atoms. The SMILES string of the molecule is COCn1nnc2c(-c3nc(-c4ccc5c(c4)OCO5)cs3)ncn2c1=O. The Morgan fingerprint density at radius 2 is 2.19 bits per heavy atom. The van der Waals surface area contributed by atoms with Crippen molar-refractivity contribution in [1.82, 2.24) is 29.4 Å². The number of nitrogens with zero attached hydrogens (tertiary/aromatic N) is 6. The second kappa shape index (κ2) is 6.14. The third-order valence-electron chi connectivity index (χ3n) is 4.04. The molecule has 0 unspecified atom stereocenters. The van der Waals surface area contributed by atoms with Gasteiger partial charge in [0.1, 0.15) is 23.8 Å². The zero-order valence-electron chi connectivity index (χ0n) is 14.0. The fourth-order valence-corrected chi connectivity index (χ4v) is 3.58. The summed E-state index contributed by atoms with van der Waals surface area (Å²) in [6.45, 7) is 0.238. The molecule has 1 aliphatic heterocycles. The number of aromatic nitrogens is 6. The van der Waals surface area contributed by atoms with E-state index < -0.39 is 0 Å². The highest BCUT2D eigenvalue weighted by Gasteiger charge is 2.18. The van der Waals surface area contributed by atoms with Gasteiger partial charge in [0.15, 0.2) is 17.1 Å². The number of thiazole rings is 1. The molecular formula is C16H12N6O4S. The monoisotopic (exact) mass is 384 g/mol.